The zero-order chi connectivity index (χ0) is 13.8. The van der Waals surface area contributed by atoms with Gasteiger partial charge in [0.2, 0.25) is 0 Å². The minimum atomic E-state index is 0.386. The quantitative estimate of drug-likeness (QED) is 0.892. The molecule has 2 aromatic rings. The van der Waals surface area contributed by atoms with Crippen molar-refractivity contribution in [3.63, 3.8) is 0 Å². The van der Waals surface area contributed by atoms with Crippen molar-refractivity contribution in [3.05, 3.63) is 53.1 Å². The second-order valence-corrected chi connectivity index (χ2v) is 5.19. The van der Waals surface area contributed by atoms with Crippen molar-refractivity contribution in [2.24, 2.45) is 7.05 Å². The minimum Gasteiger partial charge on any atom is -0.338 e. The lowest BCUT2D eigenvalue weighted by atomic mass is 9.96. The van der Waals surface area contributed by atoms with Gasteiger partial charge in [0, 0.05) is 31.9 Å². The van der Waals surface area contributed by atoms with Crippen LogP contribution in [0.4, 0.5) is 0 Å². The zero-order valence-electron chi connectivity index (χ0n) is 12.3. The summed E-state index contributed by atoms with van der Waals surface area (Å²) >= 11 is 0. The fourth-order valence-corrected chi connectivity index (χ4v) is 2.58. The third-order valence-corrected chi connectivity index (χ3v) is 3.73. The van der Waals surface area contributed by atoms with Gasteiger partial charge in [-0.15, -0.1) is 0 Å². The van der Waals surface area contributed by atoms with E-state index < -0.39 is 0 Å². The predicted octanol–water partition coefficient (Wildman–Crippen LogP) is 2.93. The van der Waals surface area contributed by atoms with Crippen molar-refractivity contribution in [1.29, 1.82) is 0 Å². The van der Waals surface area contributed by atoms with E-state index >= 15 is 0 Å². The predicted molar refractivity (Wildman–Crippen MR) is 79.2 cm³/mol. The van der Waals surface area contributed by atoms with Gasteiger partial charge in [-0.25, -0.2) is 4.98 Å². The SMILES string of the molecule is CNC(CCc1nccn1C)c1ccc(C)cc1C. The van der Waals surface area contributed by atoms with Crippen molar-refractivity contribution in [3.8, 4) is 0 Å². The van der Waals surface area contributed by atoms with E-state index in [4.69, 9.17) is 0 Å². The van der Waals surface area contributed by atoms with E-state index in [0.717, 1.165) is 18.7 Å². The number of aromatic nitrogens is 2. The first-order chi connectivity index (χ1) is 9.11. The molecule has 19 heavy (non-hydrogen) atoms. The number of rotatable bonds is 5. The van der Waals surface area contributed by atoms with E-state index in [1.165, 1.54) is 16.7 Å². The van der Waals surface area contributed by atoms with E-state index in [2.05, 4.69) is 46.9 Å². The summed E-state index contributed by atoms with van der Waals surface area (Å²) in [6.07, 6.45) is 5.91. The van der Waals surface area contributed by atoms with Crippen LogP contribution in [0.1, 0.15) is 35.0 Å². The largest absolute Gasteiger partial charge is 0.338 e. The normalized spacial score (nSPS) is 12.6. The van der Waals surface area contributed by atoms with E-state index in [1.807, 2.05) is 26.5 Å². The Kier molecular flexibility index (Phi) is 4.38. The second-order valence-electron chi connectivity index (χ2n) is 5.19. The van der Waals surface area contributed by atoms with Crippen LogP contribution in [-0.2, 0) is 13.5 Å². The minimum absolute atomic E-state index is 0.386. The van der Waals surface area contributed by atoms with Crippen molar-refractivity contribution in [2.75, 3.05) is 7.05 Å². The number of nitrogens with zero attached hydrogens (tertiary/aromatic N) is 2. The molecule has 0 saturated carbocycles. The molecule has 0 aliphatic carbocycles. The van der Waals surface area contributed by atoms with Gasteiger partial charge in [0.15, 0.2) is 0 Å². The number of benzene rings is 1. The highest BCUT2D eigenvalue weighted by molar-refractivity contribution is 5.32. The molecule has 0 fully saturated rings. The van der Waals surface area contributed by atoms with Crippen LogP contribution < -0.4 is 5.32 Å². The summed E-state index contributed by atoms with van der Waals surface area (Å²) in [7, 11) is 4.08. The monoisotopic (exact) mass is 257 g/mol. The Balaban J connectivity index is 2.10. The molecule has 0 saturated heterocycles. The summed E-state index contributed by atoms with van der Waals surface area (Å²) in [5.74, 6) is 1.14. The summed E-state index contributed by atoms with van der Waals surface area (Å²) < 4.78 is 2.09. The highest BCUT2D eigenvalue weighted by atomic mass is 15.0. The van der Waals surface area contributed by atoms with Gasteiger partial charge in [-0.3, -0.25) is 0 Å². The number of hydrogen-bond acceptors (Lipinski definition) is 2. The van der Waals surface area contributed by atoms with E-state index in [9.17, 15) is 0 Å². The molecular formula is C16H23N3. The van der Waals surface area contributed by atoms with Gasteiger partial charge in [0.25, 0.3) is 0 Å². The Morgan fingerprint density at radius 1 is 1.32 bits per heavy atom. The molecule has 3 nitrogen and oxygen atoms in total. The summed E-state index contributed by atoms with van der Waals surface area (Å²) in [6.45, 7) is 4.33. The third-order valence-electron chi connectivity index (χ3n) is 3.73. The fraction of sp³-hybridized carbons (Fsp3) is 0.438. The smallest absolute Gasteiger partial charge is 0.108 e. The van der Waals surface area contributed by atoms with Crippen molar-refractivity contribution < 1.29 is 0 Å². The molecule has 0 spiro atoms. The highest BCUT2D eigenvalue weighted by Gasteiger charge is 2.13. The molecule has 1 aromatic carbocycles. The molecule has 0 bridgehead atoms. The molecular weight excluding hydrogens is 234 g/mol. The van der Waals surface area contributed by atoms with Crippen molar-refractivity contribution in [1.82, 2.24) is 14.9 Å². The fourth-order valence-electron chi connectivity index (χ4n) is 2.58. The number of imidazole rings is 1. The molecule has 3 heteroatoms. The number of hydrogen-bond donors (Lipinski definition) is 1. The number of aryl methyl sites for hydroxylation is 4. The first-order valence-corrected chi connectivity index (χ1v) is 6.82. The lowest BCUT2D eigenvalue weighted by molar-refractivity contribution is 0.533. The Morgan fingerprint density at radius 3 is 2.68 bits per heavy atom. The van der Waals surface area contributed by atoms with Crippen LogP contribution in [0.25, 0.3) is 0 Å². The molecule has 0 aliphatic rings. The Labute approximate surface area is 115 Å². The lowest BCUT2D eigenvalue weighted by Crippen LogP contribution is -2.18. The zero-order valence-corrected chi connectivity index (χ0v) is 12.3. The first-order valence-electron chi connectivity index (χ1n) is 6.82. The standard InChI is InChI=1S/C16H23N3/c1-12-5-6-14(13(2)11-12)15(17-3)7-8-16-18-9-10-19(16)4/h5-6,9-11,15,17H,7-8H2,1-4H3. The topological polar surface area (TPSA) is 29.9 Å². The Bertz CT molecular complexity index is 543. The summed E-state index contributed by atoms with van der Waals surface area (Å²) in [4.78, 5) is 4.39. The highest BCUT2D eigenvalue weighted by Crippen LogP contribution is 2.22. The molecule has 0 amide bonds. The van der Waals surface area contributed by atoms with E-state index in [-0.39, 0.29) is 0 Å². The van der Waals surface area contributed by atoms with E-state index in [0.29, 0.717) is 6.04 Å². The maximum atomic E-state index is 4.39. The van der Waals surface area contributed by atoms with Crippen LogP contribution in [0.2, 0.25) is 0 Å². The van der Waals surface area contributed by atoms with Crippen molar-refractivity contribution >= 4 is 0 Å². The van der Waals surface area contributed by atoms with E-state index in [1.54, 1.807) is 0 Å². The van der Waals surface area contributed by atoms with Crippen LogP contribution in [0, 0.1) is 13.8 Å². The van der Waals surface area contributed by atoms with Gasteiger partial charge in [0.05, 0.1) is 0 Å². The van der Waals surface area contributed by atoms with Gasteiger partial charge < -0.3 is 9.88 Å². The average Bonchev–Trinajstić information content (AvgIpc) is 2.78. The first kappa shape index (κ1) is 13.8. The summed E-state index contributed by atoms with van der Waals surface area (Å²) in [5.41, 5.74) is 4.07. The maximum Gasteiger partial charge on any atom is 0.108 e. The van der Waals surface area contributed by atoms with Gasteiger partial charge in [-0.2, -0.15) is 0 Å². The van der Waals surface area contributed by atoms with Gasteiger partial charge in [0.1, 0.15) is 5.82 Å². The van der Waals surface area contributed by atoms with Gasteiger partial charge in [-0.05, 0) is 38.4 Å². The molecule has 102 valence electrons. The summed E-state index contributed by atoms with van der Waals surface area (Å²) in [5, 5.41) is 3.42. The van der Waals surface area contributed by atoms with Gasteiger partial charge in [-0.1, -0.05) is 23.8 Å². The van der Waals surface area contributed by atoms with Crippen LogP contribution in [0.3, 0.4) is 0 Å². The molecule has 1 aromatic heterocycles. The molecule has 2 rings (SSSR count). The maximum absolute atomic E-state index is 4.39. The number of nitrogens with one attached hydrogen (secondary N) is 1. The molecule has 1 atom stereocenters. The van der Waals surface area contributed by atoms with Crippen LogP contribution in [0.5, 0.6) is 0 Å². The summed E-state index contributed by atoms with van der Waals surface area (Å²) in [6, 6.07) is 7.07. The second kappa shape index (κ2) is 6.02. The molecule has 1 unspecified atom stereocenters. The lowest BCUT2D eigenvalue weighted by Gasteiger charge is -2.19. The molecule has 0 aliphatic heterocycles. The molecule has 1 heterocycles. The Morgan fingerprint density at radius 2 is 2.11 bits per heavy atom. The van der Waals surface area contributed by atoms with Gasteiger partial charge >= 0.3 is 0 Å². The van der Waals surface area contributed by atoms with Crippen molar-refractivity contribution in [2.45, 2.75) is 32.7 Å². The Hall–Kier alpha value is -1.61. The van der Waals surface area contributed by atoms with Crippen LogP contribution in [-0.4, -0.2) is 16.6 Å². The average molecular weight is 257 g/mol. The molecule has 1 N–H and O–H groups in total. The molecule has 0 radical (unpaired) electrons. The van der Waals surface area contributed by atoms with Crippen LogP contribution >= 0.6 is 0 Å². The third kappa shape index (κ3) is 3.24. The van der Waals surface area contributed by atoms with Crippen LogP contribution in [0.15, 0.2) is 30.6 Å².